The standard InChI is InChI=1S/C60H36F6N4/c61-59(62,63)49-28-14-10-24-41(49)47-32-39(58-67-51(37-18-4-1-5-19-37)35-52(68-58)38-20-6-2-7-21-38)33-48(42-25-11-15-29-50(42)60(64,65)66)57(47)70-54-31-17-13-27-44(54)46-34-45-43-26-12-16-30-53(43)69(55(45)36-56(46)70)40-22-8-3-9-23-40/h1-36H. The number of rotatable bonds is 7. The fourth-order valence-corrected chi connectivity index (χ4v) is 9.96. The summed E-state index contributed by atoms with van der Waals surface area (Å²) < 4.78 is 97.3. The van der Waals surface area contributed by atoms with Gasteiger partial charge in [0.2, 0.25) is 0 Å². The Morgan fingerprint density at radius 2 is 0.729 bits per heavy atom. The van der Waals surface area contributed by atoms with Crippen molar-refractivity contribution in [1.29, 1.82) is 0 Å². The van der Waals surface area contributed by atoms with Crippen molar-refractivity contribution in [2.45, 2.75) is 12.4 Å². The zero-order valence-corrected chi connectivity index (χ0v) is 36.8. The molecule has 70 heavy (non-hydrogen) atoms. The summed E-state index contributed by atoms with van der Waals surface area (Å²) in [7, 11) is 0. The number of fused-ring (bicyclic) bond motifs is 6. The monoisotopic (exact) mass is 926 g/mol. The van der Waals surface area contributed by atoms with Crippen LogP contribution in [0, 0.1) is 0 Å². The van der Waals surface area contributed by atoms with Gasteiger partial charge in [0.15, 0.2) is 5.82 Å². The van der Waals surface area contributed by atoms with Crippen LogP contribution >= 0.6 is 0 Å². The molecule has 12 aromatic rings. The average molecular weight is 927 g/mol. The third-order valence-electron chi connectivity index (χ3n) is 13.0. The Morgan fingerprint density at radius 3 is 1.23 bits per heavy atom. The molecule has 12 rings (SSSR count). The maximum Gasteiger partial charge on any atom is 0.417 e. The number of alkyl halides is 6. The van der Waals surface area contributed by atoms with E-state index in [0.29, 0.717) is 22.4 Å². The molecule has 0 aliphatic carbocycles. The molecular formula is C60H36F6N4. The second kappa shape index (κ2) is 16.5. The smallest absolute Gasteiger partial charge is 0.309 e. The number of hydrogen-bond donors (Lipinski definition) is 0. The van der Waals surface area contributed by atoms with Crippen LogP contribution < -0.4 is 0 Å². The molecule has 0 saturated carbocycles. The SMILES string of the molecule is FC(F)(F)c1ccccc1-c1cc(-c2nc(-c3ccccc3)cc(-c3ccccc3)n2)cc(-c2ccccc2C(F)(F)F)c1-n1c2ccccc2c2cc3c4ccccc4n(-c4ccccc4)c3cc21. The van der Waals surface area contributed by atoms with Gasteiger partial charge in [0.1, 0.15) is 0 Å². The molecule has 3 aromatic heterocycles. The summed E-state index contributed by atoms with van der Waals surface area (Å²) in [4.78, 5) is 10.1. The van der Waals surface area contributed by atoms with Crippen molar-refractivity contribution in [1.82, 2.24) is 19.1 Å². The predicted octanol–water partition coefficient (Wildman–Crippen LogP) is 17.0. The van der Waals surface area contributed by atoms with E-state index < -0.39 is 23.5 Å². The molecule has 10 heteroatoms. The van der Waals surface area contributed by atoms with Crippen LogP contribution in [-0.2, 0) is 12.4 Å². The molecule has 0 atom stereocenters. The van der Waals surface area contributed by atoms with Crippen molar-refractivity contribution < 1.29 is 26.3 Å². The molecular weight excluding hydrogens is 891 g/mol. The maximum atomic E-state index is 15.6. The lowest BCUT2D eigenvalue weighted by atomic mass is 9.88. The highest BCUT2D eigenvalue weighted by atomic mass is 19.4. The van der Waals surface area contributed by atoms with Gasteiger partial charge in [-0.05, 0) is 77.9 Å². The number of para-hydroxylation sites is 3. The van der Waals surface area contributed by atoms with E-state index in [4.69, 9.17) is 9.97 Å². The molecule has 0 aliphatic heterocycles. The topological polar surface area (TPSA) is 35.6 Å². The van der Waals surface area contributed by atoms with E-state index in [-0.39, 0.29) is 39.3 Å². The van der Waals surface area contributed by atoms with Gasteiger partial charge < -0.3 is 9.13 Å². The summed E-state index contributed by atoms with van der Waals surface area (Å²) in [5, 5.41) is 3.44. The molecule has 3 heterocycles. The fraction of sp³-hybridized carbons (Fsp3) is 0.0333. The lowest BCUT2D eigenvalue weighted by Crippen LogP contribution is -2.11. The number of aromatic nitrogens is 4. The van der Waals surface area contributed by atoms with Crippen LogP contribution in [0.15, 0.2) is 218 Å². The summed E-state index contributed by atoms with van der Waals surface area (Å²) in [6.45, 7) is 0. The second-order valence-electron chi connectivity index (χ2n) is 17.1. The van der Waals surface area contributed by atoms with Gasteiger partial charge in [0.05, 0.1) is 50.3 Å². The van der Waals surface area contributed by atoms with E-state index in [1.54, 1.807) is 12.1 Å². The zero-order chi connectivity index (χ0) is 47.7. The summed E-state index contributed by atoms with van der Waals surface area (Å²) >= 11 is 0. The van der Waals surface area contributed by atoms with Crippen molar-refractivity contribution in [3.8, 4) is 67.5 Å². The molecule has 0 unspecified atom stereocenters. The number of benzene rings is 9. The Hall–Kier alpha value is -8.76. The minimum atomic E-state index is -4.86. The van der Waals surface area contributed by atoms with E-state index in [2.05, 4.69) is 16.7 Å². The highest BCUT2D eigenvalue weighted by Gasteiger charge is 2.37. The molecule has 0 radical (unpaired) electrons. The Bertz CT molecular complexity index is 3830. The van der Waals surface area contributed by atoms with Crippen molar-refractivity contribution in [2.24, 2.45) is 0 Å². The Kier molecular flexibility index (Phi) is 10.0. The average Bonchev–Trinajstić information content (AvgIpc) is 3.89. The first-order valence-corrected chi connectivity index (χ1v) is 22.5. The van der Waals surface area contributed by atoms with Crippen molar-refractivity contribution >= 4 is 43.6 Å². The van der Waals surface area contributed by atoms with Gasteiger partial charge >= 0.3 is 12.4 Å². The Morgan fingerprint density at radius 1 is 0.314 bits per heavy atom. The van der Waals surface area contributed by atoms with Crippen molar-refractivity contribution in [3.63, 3.8) is 0 Å². The molecule has 0 spiro atoms. The first kappa shape index (κ1) is 42.6. The molecule has 0 N–H and O–H groups in total. The van der Waals surface area contributed by atoms with Crippen LogP contribution in [0.2, 0.25) is 0 Å². The van der Waals surface area contributed by atoms with Gasteiger partial charge in [-0.2, -0.15) is 26.3 Å². The van der Waals surface area contributed by atoms with Gasteiger partial charge in [-0.15, -0.1) is 0 Å². The minimum Gasteiger partial charge on any atom is -0.309 e. The molecule has 0 fully saturated rings. The van der Waals surface area contributed by atoms with Crippen LogP contribution in [0.25, 0.3) is 111 Å². The van der Waals surface area contributed by atoms with Gasteiger partial charge in [0.25, 0.3) is 0 Å². The molecule has 0 saturated heterocycles. The van der Waals surface area contributed by atoms with Gasteiger partial charge in [-0.25, -0.2) is 9.97 Å². The summed E-state index contributed by atoms with van der Waals surface area (Å²) in [5.74, 6) is 0.111. The number of halogens is 6. The van der Waals surface area contributed by atoms with Crippen molar-refractivity contribution in [2.75, 3.05) is 0 Å². The normalized spacial score (nSPS) is 12.1. The van der Waals surface area contributed by atoms with Crippen LogP contribution in [0.1, 0.15) is 11.1 Å². The van der Waals surface area contributed by atoms with Crippen LogP contribution in [0.3, 0.4) is 0 Å². The highest BCUT2D eigenvalue weighted by molar-refractivity contribution is 6.19. The van der Waals surface area contributed by atoms with E-state index in [9.17, 15) is 0 Å². The van der Waals surface area contributed by atoms with Crippen molar-refractivity contribution in [3.05, 3.63) is 230 Å². The fourth-order valence-electron chi connectivity index (χ4n) is 9.96. The predicted molar refractivity (Wildman–Crippen MR) is 268 cm³/mol. The van der Waals surface area contributed by atoms with E-state index in [0.717, 1.165) is 61.5 Å². The molecule has 338 valence electrons. The first-order valence-electron chi connectivity index (χ1n) is 22.5. The van der Waals surface area contributed by atoms with E-state index in [1.807, 2.05) is 150 Å². The zero-order valence-electron chi connectivity index (χ0n) is 36.8. The lowest BCUT2D eigenvalue weighted by molar-refractivity contribution is -0.137. The quantitative estimate of drug-likeness (QED) is 0.149. The summed E-state index contributed by atoms with van der Waals surface area (Å²) in [6.07, 6.45) is -9.72. The first-order chi connectivity index (χ1) is 34.0. The summed E-state index contributed by atoms with van der Waals surface area (Å²) in [5.41, 5.74) is 4.30. The van der Waals surface area contributed by atoms with Crippen LogP contribution in [0.4, 0.5) is 26.3 Å². The van der Waals surface area contributed by atoms with Crippen LogP contribution in [-0.4, -0.2) is 19.1 Å². The number of nitrogens with zero attached hydrogens (tertiary/aromatic N) is 4. The van der Waals surface area contributed by atoms with Gasteiger partial charge in [-0.1, -0.05) is 152 Å². The Balaban J connectivity index is 1.28. The molecule has 4 nitrogen and oxygen atoms in total. The number of hydrogen-bond acceptors (Lipinski definition) is 2. The van der Waals surface area contributed by atoms with Gasteiger partial charge in [-0.3, -0.25) is 0 Å². The van der Waals surface area contributed by atoms with Gasteiger partial charge in [0, 0.05) is 55.0 Å². The molecule has 9 aromatic carbocycles. The van der Waals surface area contributed by atoms with E-state index in [1.165, 1.54) is 36.4 Å². The largest absolute Gasteiger partial charge is 0.417 e. The van der Waals surface area contributed by atoms with Crippen LogP contribution in [0.5, 0.6) is 0 Å². The second-order valence-corrected chi connectivity index (χ2v) is 17.1. The molecule has 0 amide bonds. The molecule has 0 aliphatic rings. The lowest BCUT2D eigenvalue weighted by Gasteiger charge is -2.24. The minimum absolute atomic E-state index is 0.0266. The summed E-state index contributed by atoms with van der Waals surface area (Å²) in [6, 6.07) is 63.6. The van der Waals surface area contributed by atoms with E-state index >= 15 is 26.3 Å². The Labute approximate surface area is 397 Å². The highest BCUT2D eigenvalue weighted by Crippen LogP contribution is 2.50. The third-order valence-corrected chi connectivity index (χ3v) is 13.0. The third kappa shape index (κ3) is 7.18. The molecule has 0 bridgehead atoms. The maximum absolute atomic E-state index is 15.6.